The Balaban J connectivity index is 0.00000147. The first-order chi connectivity index (χ1) is 9.16. The Bertz CT molecular complexity index is 766. The van der Waals surface area contributed by atoms with Crippen LogP contribution in [0, 0.1) is 6.92 Å². The van der Waals surface area contributed by atoms with Crippen LogP contribution in [-0.4, -0.2) is 20.7 Å². The minimum absolute atomic E-state index is 0. The van der Waals surface area contributed by atoms with Crippen molar-refractivity contribution < 1.29 is 10.0 Å². The van der Waals surface area contributed by atoms with Crippen molar-refractivity contribution in [3.63, 3.8) is 0 Å². The second-order valence-corrected chi connectivity index (χ2v) is 4.37. The number of hydrogen-bond acceptors (Lipinski definition) is 3. The van der Waals surface area contributed by atoms with Gasteiger partial charge in [-0.15, -0.1) is 12.4 Å². The van der Waals surface area contributed by atoms with Gasteiger partial charge in [-0.2, -0.15) is 4.73 Å². The number of halogens is 1. The predicted octanol–water partition coefficient (Wildman–Crippen LogP) is 3.23. The number of ketones is 1. The molecule has 0 bridgehead atoms. The van der Waals surface area contributed by atoms with E-state index in [0.29, 0.717) is 28.0 Å². The van der Waals surface area contributed by atoms with Gasteiger partial charge in [-0.25, -0.2) is 4.98 Å². The number of nitrogens with zero attached hydrogens (tertiary/aromatic N) is 2. The molecule has 1 heterocycles. The van der Waals surface area contributed by atoms with Gasteiger partial charge in [0.25, 0.3) is 0 Å². The van der Waals surface area contributed by atoms with E-state index in [9.17, 15) is 10.0 Å². The van der Waals surface area contributed by atoms with Crippen molar-refractivity contribution in [1.29, 1.82) is 0 Å². The summed E-state index contributed by atoms with van der Waals surface area (Å²) in [6.07, 6.45) is 0. The number of imidazole rings is 1. The minimum atomic E-state index is -0.0485. The van der Waals surface area contributed by atoms with Gasteiger partial charge < -0.3 is 5.21 Å². The van der Waals surface area contributed by atoms with Gasteiger partial charge >= 0.3 is 0 Å². The summed E-state index contributed by atoms with van der Waals surface area (Å²) in [6, 6.07) is 14.2. The summed E-state index contributed by atoms with van der Waals surface area (Å²) in [5, 5.41) is 9.71. The molecule has 0 aliphatic rings. The molecule has 0 unspecified atom stereocenters. The molecule has 102 valence electrons. The molecular weight excluding hydrogens is 276 g/mol. The lowest BCUT2D eigenvalue weighted by Crippen LogP contribution is -2.00. The first-order valence-electron chi connectivity index (χ1n) is 5.95. The first kappa shape index (κ1) is 14.1. The fourth-order valence-corrected chi connectivity index (χ4v) is 2.09. The minimum Gasteiger partial charge on any atom is -0.427 e. The average Bonchev–Trinajstić information content (AvgIpc) is 2.74. The maximum Gasteiger partial charge on any atom is 0.193 e. The lowest BCUT2D eigenvalue weighted by atomic mass is 10.0. The van der Waals surface area contributed by atoms with Crippen molar-refractivity contribution in [2.75, 3.05) is 0 Å². The summed E-state index contributed by atoms with van der Waals surface area (Å²) in [5.41, 5.74) is 2.42. The summed E-state index contributed by atoms with van der Waals surface area (Å²) in [7, 11) is 0. The third-order valence-electron chi connectivity index (χ3n) is 3.09. The van der Waals surface area contributed by atoms with Crippen molar-refractivity contribution in [3.05, 3.63) is 65.5 Å². The summed E-state index contributed by atoms with van der Waals surface area (Å²) in [4.78, 5) is 16.5. The van der Waals surface area contributed by atoms with Crippen molar-refractivity contribution in [1.82, 2.24) is 9.71 Å². The zero-order chi connectivity index (χ0) is 13.4. The highest BCUT2D eigenvalue weighted by Gasteiger charge is 2.12. The highest BCUT2D eigenvalue weighted by Crippen LogP contribution is 2.18. The molecule has 20 heavy (non-hydrogen) atoms. The topological polar surface area (TPSA) is 55.1 Å². The third kappa shape index (κ3) is 2.26. The second-order valence-electron chi connectivity index (χ2n) is 4.37. The van der Waals surface area contributed by atoms with Gasteiger partial charge in [-0.05, 0) is 25.1 Å². The van der Waals surface area contributed by atoms with Gasteiger partial charge in [0.05, 0.1) is 5.52 Å². The van der Waals surface area contributed by atoms with Crippen molar-refractivity contribution >= 4 is 29.2 Å². The van der Waals surface area contributed by atoms with E-state index in [1.807, 2.05) is 18.2 Å². The second kappa shape index (κ2) is 5.35. The number of aryl methyl sites for hydroxylation is 1. The molecule has 0 fully saturated rings. The molecule has 0 saturated carbocycles. The molecule has 0 aliphatic heterocycles. The number of hydrogen-bond donors (Lipinski definition) is 1. The molecule has 5 heteroatoms. The van der Waals surface area contributed by atoms with Crippen LogP contribution in [0.2, 0.25) is 0 Å². The Morgan fingerprint density at radius 3 is 2.50 bits per heavy atom. The Labute approximate surface area is 122 Å². The lowest BCUT2D eigenvalue weighted by molar-refractivity contribution is 0.103. The molecular formula is C15H13ClN2O2. The lowest BCUT2D eigenvalue weighted by Gasteiger charge is -2.01. The largest absolute Gasteiger partial charge is 0.427 e. The highest BCUT2D eigenvalue weighted by atomic mass is 35.5. The molecule has 0 spiro atoms. The highest BCUT2D eigenvalue weighted by molar-refractivity contribution is 6.10. The Kier molecular flexibility index (Phi) is 3.77. The summed E-state index contributed by atoms with van der Waals surface area (Å²) >= 11 is 0. The molecule has 0 radical (unpaired) electrons. The molecule has 0 atom stereocenters. The van der Waals surface area contributed by atoms with E-state index >= 15 is 0 Å². The van der Waals surface area contributed by atoms with Gasteiger partial charge in [0, 0.05) is 11.1 Å². The van der Waals surface area contributed by atoms with E-state index < -0.39 is 0 Å². The summed E-state index contributed by atoms with van der Waals surface area (Å²) in [5.74, 6) is 0.451. The quantitative estimate of drug-likeness (QED) is 0.582. The van der Waals surface area contributed by atoms with E-state index in [-0.39, 0.29) is 18.2 Å². The molecule has 1 N–H and O–H groups in total. The predicted molar refractivity (Wildman–Crippen MR) is 78.8 cm³/mol. The summed E-state index contributed by atoms with van der Waals surface area (Å²) < 4.78 is 1.02. The van der Waals surface area contributed by atoms with E-state index in [0.717, 1.165) is 4.73 Å². The Morgan fingerprint density at radius 2 is 1.80 bits per heavy atom. The number of rotatable bonds is 2. The molecule has 3 aromatic rings. The fraction of sp³-hybridized carbons (Fsp3) is 0.0667. The summed E-state index contributed by atoms with van der Waals surface area (Å²) in [6.45, 7) is 1.71. The van der Waals surface area contributed by atoms with Crippen LogP contribution >= 0.6 is 12.4 Å². The monoisotopic (exact) mass is 288 g/mol. The molecule has 2 aromatic carbocycles. The van der Waals surface area contributed by atoms with Crippen LogP contribution < -0.4 is 0 Å². The fourth-order valence-electron chi connectivity index (χ4n) is 2.09. The van der Waals surface area contributed by atoms with Crippen LogP contribution in [0.5, 0.6) is 0 Å². The van der Waals surface area contributed by atoms with Crippen LogP contribution in [0.25, 0.3) is 11.0 Å². The van der Waals surface area contributed by atoms with E-state index in [2.05, 4.69) is 4.98 Å². The number of fused-ring (bicyclic) bond motifs is 1. The zero-order valence-electron chi connectivity index (χ0n) is 10.8. The van der Waals surface area contributed by atoms with Gasteiger partial charge in [-0.3, -0.25) is 4.79 Å². The van der Waals surface area contributed by atoms with Crippen LogP contribution in [0.4, 0.5) is 0 Å². The Morgan fingerprint density at radius 1 is 1.10 bits per heavy atom. The molecule has 4 nitrogen and oxygen atoms in total. The first-order valence-corrected chi connectivity index (χ1v) is 5.95. The van der Waals surface area contributed by atoms with Crippen molar-refractivity contribution in [3.8, 4) is 0 Å². The molecule has 0 saturated heterocycles. The van der Waals surface area contributed by atoms with Gasteiger partial charge in [0.1, 0.15) is 11.3 Å². The zero-order valence-corrected chi connectivity index (χ0v) is 11.6. The smallest absolute Gasteiger partial charge is 0.193 e. The molecule has 0 amide bonds. The number of aromatic nitrogens is 2. The van der Waals surface area contributed by atoms with Crippen LogP contribution in [0.3, 0.4) is 0 Å². The van der Waals surface area contributed by atoms with Crippen molar-refractivity contribution in [2.45, 2.75) is 6.92 Å². The maximum absolute atomic E-state index is 12.3. The SMILES string of the molecule is Cc1nc2cc(C(=O)c3ccccc3)ccc2n1O.Cl. The van der Waals surface area contributed by atoms with Gasteiger partial charge in [-0.1, -0.05) is 30.3 Å². The Hall–Kier alpha value is -2.33. The van der Waals surface area contributed by atoms with Crippen LogP contribution in [0.15, 0.2) is 48.5 Å². The van der Waals surface area contributed by atoms with E-state index in [4.69, 9.17) is 0 Å². The average molecular weight is 289 g/mol. The maximum atomic E-state index is 12.3. The number of carbonyl (C=O) groups excluding carboxylic acids is 1. The van der Waals surface area contributed by atoms with E-state index in [1.54, 1.807) is 37.3 Å². The standard InChI is InChI=1S/C15H12N2O2.ClH/c1-10-16-13-9-12(7-8-14(13)17(10)19)15(18)11-5-3-2-4-6-11;/h2-9,19H,1H3;1H. The third-order valence-corrected chi connectivity index (χ3v) is 3.09. The normalized spacial score (nSPS) is 10.2. The molecule has 0 aliphatic carbocycles. The van der Waals surface area contributed by atoms with Crippen LogP contribution in [-0.2, 0) is 0 Å². The van der Waals surface area contributed by atoms with Gasteiger partial charge in [0.15, 0.2) is 5.78 Å². The number of carbonyl (C=O) groups is 1. The van der Waals surface area contributed by atoms with Crippen LogP contribution in [0.1, 0.15) is 21.7 Å². The van der Waals surface area contributed by atoms with E-state index in [1.165, 1.54) is 0 Å². The molecule has 1 aromatic heterocycles. The molecule has 3 rings (SSSR count). The van der Waals surface area contributed by atoms with Crippen molar-refractivity contribution in [2.24, 2.45) is 0 Å². The van der Waals surface area contributed by atoms with Gasteiger partial charge in [0.2, 0.25) is 0 Å². The number of benzene rings is 2.